The Kier molecular flexibility index (Phi) is 6.47. The van der Waals surface area contributed by atoms with Gasteiger partial charge in [-0.3, -0.25) is 5.32 Å². The zero-order chi connectivity index (χ0) is 23.0. The molecule has 1 fully saturated rings. The van der Waals surface area contributed by atoms with Gasteiger partial charge in [-0.2, -0.15) is 0 Å². The van der Waals surface area contributed by atoms with Gasteiger partial charge >= 0.3 is 6.03 Å². The number of nitrogens with zero attached hydrogens (tertiary/aromatic N) is 1. The highest BCUT2D eigenvalue weighted by Gasteiger charge is 2.44. The van der Waals surface area contributed by atoms with Crippen molar-refractivity contribution in [1.29, 1.82) is 0 Å². The lowest BCUT2D eigenvalue weighted by molar-refractivity contribution is -0.159. The number of piperidine rings is 1. The maximum atomic E-state index is 12.3. The van der Waals surface area contributed by atoms with Crippen LogP contribution in [-0.4, -0.2) is 49.9 Å². The molecule has 4 rings (SSSR count). The van der Waals surface area contributed by atoms with Crippen molar-refractivity contribution in [1.82, 2.24) is 15.5 Å². The summed E-state index contributed by atoms with van der Waals surface area (Å²) in [6.45, 7) is 4.23. The van der Waals surface area contributed by atoms with Crippen LogP contribution < -0.4 is 16.0 Å². The Bertz CT molecular complexity index is 1000. The van der Waals surface area contributed by atoms with E-state index in [1.54, 1.807) is 18.2 Å². The Labute approximate surface area is 186 Å². The first-order valence-electron chi connectivity index (χ1n) is 10.7. The van der Waals surface area contributed by atoms with Crippen molar-refractivity contribution in [3.8, 4) is 0 Å². The lowest BCUT2D eigenvalue weighted by Gasteiger charge is -2.40. The van der Waals surface area contributed by atoms with Gasteiger partial charge in [-0.15, -0.1) is 0 Å². The average Bonchev–Trinajstić information content (AvgIpc) is 2.99. The first-order valence-corrected chi connectivity index (χ1v) is 10.7. The second-order valence-corrected chi connectivity index (χ2v) is 8.54. The van der Waals surface area contributed by atoms with Gasteiger partial charge in [0.05, 0.1) is 6.04 Å². The van der Waals surface area contributed by atoms with Crippen LogP contribution in [-0.2, 0) is 6.54 Å². The summed E-state index contributed by atoms with van der Waals surface area (Å²) in [4.78, 5) is 13.7. The van der Waals surface area contributed by atoms with Gasteiger partial charge in [0.15, 0.2) is 0 Å². The Morgan fingerprint density at radius 3 is 2.47 bits per heavy atom. The fourth-order valence-electron chi connectivity index (χ4n) is 4.38. The summed E-state index contributed by atoms with van der Waals surface area (Å²) in [5.74, 6) is 0. The number of nitrogens with one attached hydrogen (secondary N) is 3. The van der Waals surface area contributed by atoms with E-state index in [9.17, 15) is 25.2 Å². The number of fused-ring (bicyclic) bond motifs is 1. The van der Waals surface area contributed by atoms with Gasteiger partial charge in [0, 0.05) is 23.4 Å². The molecular formula is C23H30N4O5. The summed E-state index contributed by atoms with van der Waals surface area (Å²) in [6.07, 6.45) is -3.25. The van der Waals surface area contributed by atoms with Crippen LogP contribution in [0.3, 0.4) is 0 Å². The average molecular weight is 443 g/mol. The monoisotopic (exact) mass is 442 g/mol. The molecule has 0 saturated carbocycles. The molecule has 172 valence electrons. The Balaban J connectivity index is 1.41. The first-order chi connectivity index (χ1) is 15.2. The minimum Gasteiger partial charge on any atom is -0.379 e. The topological polar surface area (TPSA) is 137 Å². The van der Waals surface area contributed by atoms with Crippen molar-refractivity contribution in [3.05, 3.63) is 64.2 Å². The molecule has 5 unspecified atom stereocenters. The van der Waals surface area contributed by atoms with Crippen LogP contribution in [0.4, 0.5) is 10.5 Å². The van der Waals surface area contributed by atoms with Gasteiger partial charge in [0.1, 0.15) is 24.9 Å². The molecule has 32 heavy (non-hydrogen) atoms. The number of hydrogen-bond donors (Lipinski definition) is 7. The van der Waals surface area contributed by atoms with Crippen LogP contribution in [0.2, 0.25) is 0 Å². The van der Waals surface area contributed by atoms with Crippen LogP contribution in [0.5, 0.6) is 0 Å². The smallest absolute Gasteiger partial charge is 0.319 e. The summed E-state index contributed by atoms with van der Waals surface area (Å²) >= 11 is 0. The van der Waals surface area contributed by atoms with Crippen molar-refractivity contribution in [2.24, 2.45) is 0 Å². The molecule has 1 saturated heterocycles. The maximum absolute atomic E-state index is 12.3. The van der Waals surface area contributed by atoms with Crippen molar-refractivity contribution in [3.63, 3.8) is 0 Å². The van der Waals surface area contributed by atoms with E-state index in [2.05, 4.69) is 16.0 Å². The third kappa shape index (κ3) is 4.49. The van der Waals surface area contributed by atoms with Crippen LogP contribution in [0.15, 0.2) is 36.4 Å². The third-order valence-electron chi connectivity index (χ3n) is 6.34. The fourth-order valence-corrected chi connectivity index (χ4v) is 4.38. The molecule has 2 aromatic carbocycles. The number of hydrogen-bond acceptors (Lipinski definition) is 7. The largest absolute Gasteiger partial charge is 0.379 e. The van der Waals surface area contributed by atoms with Crippen LogP contribution in [0.1, 0.15) is 53.1 Å². The van der Waals surface area contributed by atoms with E-state index in [-0.39, 0.29) is 12.6 Å². The summed E-state index contributed by atoms with van der Waals surface area (Å²) in [6, 6.07) is 10.1. The van der Waals surface area contributed by atoms with Gasteiger partial charge in [0.25, 0.3) is 0 Å². The number of carbonyl (C=O) groups excluding carboxylic acids is 1. The van der Waals surface area contributed by atoms with E-state index in [4.69, 9.17) is 0 Å². The molecule has 0 aliphatic carbocycles. The normalized spacial score (nSPS) is 27.8. The second-order valence-electron chi connectivity index (χ2n) is 8.54. The molecule has 0 spiro atoms. The van der Waals surface area contributed by atoms with E-state index in [1.807, 2.05) is 32.0 Å². The van der Waals surface area contributed by atoms with E-state index in [0.29, 0.717) is 29.7 Å². The summed E-state index contributed by atoms with van der Waals surface area (Å²) in [5.41, 5.74) is 4.80. The molecule has 9 nitrogen and oxygen atoms in total. The standard InChI is InChI=1S/C23H30N4O5/c1-12-3-5-15(9-13(12)2)25-23(32)24-11-14-4-6-16-17(10-14)22(31)27(21(16)30)18-7-8-19(28)26-20(18)29/h3-6,9-10,18-22,26,28-31H,7-8,11H2,1-2H3,(H2,24,25,32). The molecule has 2 aliphatic rings. The number of benzene rings is 2. The summed E-state index contributed by atoms with van der Waals surface area (Å²) in [7, 11) is 0. The quantitative estimate of drug-likeness (QED) is 0.379. The van der Waals surface area contributed by atoms with Crippen molar-refractivity contribution >= 4 is 11.7 Å². The number of rotatable bonds is 4. The molecular weight excluding hydrogens is 412 g/mol. The van der Waals surface area contributed by atoms with Gasteiger partial charge < -0.3 is 31.1 Å². The number of aliphatic hydroxyl groups is 4. The van der Waals surface area contributed by atoms with E-state index < -0.39 is 31.0 Å². The Morgan fingerprint density at radius 1 is 1.00 bits per heavy atom. The fraction of sp³-hybridized carbons (Fsp3) is 0.435. The number of aryl methyl sites for hydroxylation is 2. The number of anilines is 1. The van der Waals surface area contributed by atoms with E-state index in [1.165, 1.54) is 4.90 Å². The zero-order valence-electron chi connectivity index (χ0n) is 18.1. The summed E-state index contributed by atoms with van der Waals surface area (Å²) in [5, 5.41) is 49.8. The molecule has 5 atom stereocenters. The van der Waals surface area contributed by atoms with Crippen LogP contribution in [0, 0.1) is 13.8 Å². The van der Waals surface area contributed by atoms with Crippen molar-refractivity contribution < 1.29 is 25.2 Å². The lowest BCUT2D eigenvalue weighted by Crippen LogP contribution is -2.57. The molecule has 2 aromatic rings. The highest BCUT2D eigenvalue weighted by molar-refractivity contribution is 5.89. The second kappa shape index (κ2) is 9.14. The highest BCUT2D eigenvalue weighted by atomic mass is 16.3. The molecule has 9 heteroatoms. The summed E-state index contributed by atoms with van der Waals surface area (Å²) < 4.78 is 0. The maximum Gasteiger partial charge on any atom is 0.319 e. The molecule has 2 aliphatic heterocycles. The molecule has 0 bridgehead atoms. The van der Waals surface area contributed by atoms with Crippen LogP contribution in [0.25, 0.3) is 0 Å². The number of urea groups is 1. The predicted molar refractivity (Wildman–Crippen MR) is 118 cm³/mol. The van der Waals surface area contributed by atoms with E-state index >= 15 is 0 Å². The van der Waals surface area contributed by atoms with Gasteiger partial charge in [0.2, 0.25) is 0 Å². The third-order valence-corrected chi connectivity index (χ3v) is 6.34. The Morgan fingerprint density at radius 2 is 1.75 bits per heavy atom. The lowest BCUT2D eigenvalue weighted by atomic mass is 10.0. The molecule has 0 radical (unpaired) electrons. The van der Waals surface area contributed by atoms with Crippen LogP contribution >= 0.6 is 0 Å². The molecule has 2 amide bonds. The van der Waals surface area contributed by atoms with Gasteiger partial charge in [-0.05, 0) is 61.6 Å². The minimum absolute atomic E-state index is 0.243. The predicted octanol–water partition coefficient (Wildman–Crippen LogP) is 1.31. The zero-order valence-corrected chi connectivity index (χ0v) is 18.1. The van der Waals surface area contributed by atoms with Gasteiger partial charge in [-0.1, -0.05) is 18.2 Å². The molecule has 2 heterocycles. The van der Waals surface area contributed by atoms with E-state index in [0.717, 1.165) is 16.7 Å². The SMILES string of the molecule is Cc1ccc(NC(=O)NCc2ccc3c(c2)C(O)N(C2CCC(O)NC2O)C3O)cc1C. The number of aliphatic hydroxyl groups excluding tert-OH is 4. The van der Waals surface area contributed by atoms with Crippen molar-refractivity contribution in [2.45, 2.75) is 64.2 Å². The molecule has 0 aromatic heterocycles. The Hall–Kier alpha value is -2.53. The minimum atomic E-state index is -1.11. The van der Waals surface area contributed by atoms with Gasteiger partial charge in [-0.25, -0.2) is 9.69 Å². The van der Waals surface area contributed by atoms with Crippen molar-refractivity contribution in [2.75, 3.05) is 5.32 Å². The number of carbonyl (C=O) groups is 1. The first kappa shape index (κ1) is 22.7. The highest BCUT2D eigenvalue weighted by Crippen LogP contribution is 2.42. The molecule has 7 N–H and O–H groups in total. The number of amides is 2.